The molecule has 3 heteroatoms. The quantitative estimate of drug-likeness (QED) is 0.450. The van der Waals surface area contributed by atoms with Crippen molar-refractivity contribution in [1.82, 2.24) is 0 Å². The van der Waals surface area contributed by atoms with Gasteiger partial charge in [0.1, 0.15) is 6.07 Å². The third-order valence-electron chi connectivity index (χ3n) is 1.18. The zero-order chi connectivity index (χ0) is 6.04. The Morgan fingerprint density at radius 1 is 1.75 bits per heavy atom. The summed E-state index contributed by atoms with van der Waals surface area (Å²) in [5, 5.41) is 17.1. The van der Waals surface area contributed by atoms with Gasteiger partial charge in [0.05, 0.1) is 6.61 Å². The first-order valence-electron chi connectivity index (χ1n) is 2.54. The van der Waals surface area contributed by atoms with Crippen molar-refractivity contribution in [2.45, 2.75) is 18.6 Å². The van der Waals surface area contributed by atoms with Crippen molar-refractivity contribution in [2.24, 2.45) is 0 Å². The molecule has 8 heavy (non-hydrogen) atoms. The molecule has 0 amide bonds. The first-order valence-corrected chi connectivity index (χ1v) is 2.54. The van der Waals surface area contributed by atoms with E-state index in [-0.39, 0.29) is 0 Å². The third-order valence-corrected chi connectivity index (χ3v) is 1.18. The minimum absolute atomic E-state index is 0.448. The molecule has 1 unspecified atom stereocenters. The van der Waals surface area contributed by atoms with E-state index < -0.39 is 5.79 Å². The molecule has 3 nitrogen and oxygen atoms in total. The predicted octanol–water partition coefficient (Wildman–Crippen LogP) is 0.00898. The largest absolute Gasteiger partial charge is 0.354 e. The van der Waals surface area contributed by atoms with Gasteiger partial charge in [-0.2, -0.15) is 5.26 Å². The lowest BCUT2D eigenvalue weighted by Crippen LogP contribution is -2.23. The summed E-state index contributed by atoms with van der Waals surface area (Å²) in [6.45, 7) is 0.504. The predicted molar refractivity (Wildman–Crippen MR) is 25.7 cm³/mol. The van der Waals surface area contributed by atoms with E-state index >= 15 is 0 Å². The highest BCUT2D eigenvalue weighted by Crippen LogP contribution is 2.20. The van der Waals surface area contributed by atoms with E-state index in [0.29, 0.717) is 13.0 Å². The lowest BCUT2D eigenvalue weighted by atomic mass is 10.2. The smallest absolute Gasteiger partial charge is 0.256 e. The SMILES string of the molecule is N#CC1(O)CCCO1. The summed E-state index contributed by atoms with van der Waals surface area (Å²) in [6, 6.07) is 1.67. The van der Waals surface area contributed by atoms with Crippen molar-refractivity contribution in [2.75, 3.05) is 6.61 Å². The van der Waals surface area contributed by atoms with Gasteiger partial charge >= 0.3 is 0 Å². The molecule has 1 aliphatic heterocycles. The molecule has 0 aromatic heterocycles. The Hall–Kier alpha value is -0.590. The lowest BCUT2D eigenvalue weighted by molar-refractivity contribution is -0.124. The first-order chi connectivity index (χ1) is 3.77. The van der Waals surface area contributed by atoms with Crippen LogP contribution in [0, 0.1) is 11.3 Å². The molecule has 1 heterocycles. The molecule has 0 aromatic rings. The van der Waals surface area contributed by atoms with Crippen molar-refractivity contribution in [3.8, 4) is 6.07 Å². The van der Waals surface area contributed by atoms with Gasteiger partial charge in [0.2, 0.25) is 0 Å². The van der Waals surface area contributed by atoms with Gasteiger partial charge in [0.25, 0.3) is 5.79 Å². The second-order valence-electron chi connectivity index (χ2n) is 1.85. The van der Waals surface area contributed by atoms with E-state index in [1.807, 2.05) is 0 Å². The van der Waals surface area contributed by atoms with Crippen LogP contribution in [0.25, 0.3) is 0 Å². The van der Waals surface area contributed by atoms with Gasteiger partial charge < -0.3 is 9.84 Å². The van der Waals surface area contributed by atoms with Crippen molar-refractivity contribution in [3.05, 3.63) is 0 Å². The maximum atomic E-state index is 8.92. The topological polar surface area (TPSA) is 53.2 Å². The molecular formula is C5H7NO2. The second-order valence-corrected chi connectivity index (χ2v) is 1.85. The van der Waals surface area contributed by atoms with Crippen LogP contribution in [0.3, 0.4) is 0 Å². The van der Waals surface area contributed by atoms with Gasteiger partial charge in [0.15, 0.2) is 0 Å². The highest BCUT2D eigenvalue weighted by atomic mass is 16.6. The molecule has 0 radical (unpaired) electrons. The highest BCUT2D eigenvalue weighted by molar-refractivity contribution is 4.94. The van der Waals surface area contributed by atoms with Crippen molar-refractivity contribution < 1.29 is 9.84 Å². The summed E-state index contributed by atoms with van der Waals surface area (Å²) in [7, 11) is 0. The van der Waals surface area contributed by atoms with Gasteiger partial charge in [-0.25, -0.2) is 0 Å². The first kappa shape index (κ1) is 5.54. The second kappa shape index (κ2) is 1.73. The Bertz CT molecular complexity index is 121. The molecule has 1 aliphatic rings. The van der Waals surface area contributed by atoms with E-state index in [9.17, 15) is 0 Å². The number of aliphatic hydroxyl groups is 1. The van der Waals surface area contributed by atoms with Gasteiger partial charge in [-0.05, 0) is 6.42 Å². The van der Waals surface area contributed by atoms with Crippen LogP contribution in [0.4, 0.5) is 0 Å². The van der Waals surface area contributed by atoms with Gasteiger partial charge in [-0.3, -0.25) is 0 Å². The molecule has 1 N–H and O–H groups in total. The third kappa shape index (κ3) is 0.808. The molecule has 0 aromatic carbocycles. The zero-order valence-electron chi connectivity index (χ0n) is 4.42. The van der Waals surface area contributed by atoms with E-state index in [0.717, 1.165) is 6.42 Å². The average Bonchev–Trinajstić information content (AvgIpc) is 2.17. The van der Waals surface area contributed by atoms with Crippen LogP contribution in [0.5, 0.6) is 0 Å². The summed E-state index contributed by atoms with van der Waals surface area (Å²) in [6.07, 6.45) is 1.23. The summed E-state index contributed by atoms with van der Waals surface area (Å²) in [4.78, 5) is 0. The molecule has 1 atom stereocenters. The van der Waals surface area contributed by atoms with Gasteiger partial charge in [-0.1, -0.05) is 0 Å². The summed E-state index contributed by atoms with van der Waals surface area (Å²) in [5.74, 6) is -1.46. The summed E-state index contributed by atoms with van der Waals surface area (Å²) < 4.78 is 4.68. The van der Waals surface area contributed by atoms with E-state index in [1.54, 1.807) is 6.07 Å². The Morgan fingerprint density at radius 2 is 2.50 bits per heavy atom. The maximum Gasteiger partial charge on any atom is 0.256 e. The molecular weight excluding hydrogens is 106 g/mol. The van der Waals surface area contributed by atoms with Crippen LogP contribution in [0.2, 0.25) is 0 Å². The Morgan fingerprint density at radius 3 is 2.75 bits per heavy atom. The fourth-order valence-corrected chi connectivity index (χ4v) is 0.713. The molecule has 1 rings (SSSR count). The van der Waals surface area contributed by atoms with Crippen LogP contribution in [0.15, 0.2) is 0 Å². The molecule has 1 fully saturated rings. The van der Waals surface area contributed by atoms with Crippen LogP contribution in [-0.2, 0) is 4.74 Å². The lowest BCUT2D eigenvalue weighted by Gasteiger charge is -2.08. The molecule has 0 spiro atoms. The van der Waals surface area contributed by atoms with Crippen LogP contribution in [0.1, 0.15) is 12.8 Å². The molecule has 1 saturated heterocycles. The van der Waals surface area contributed by atoms with Crippen molar-refractivity contribution >= 4 is 0 Å². The van der Waals surface area contributed by atoms with Gasteiger partial charge in [0, 0.05) is 6.42 Å². The molecule has 44 valence electrons. The normalized spacial score (nSPS) is 37.0. The van der Waals surface area contributed by atoms with E-state index in [2.05, 4.69) is 4.74 Å². The zero-order valence-corrected chi connectivity index (χ0v) is 4.42. The highest BCUT2D eigenvalue weighted by Gasteiger charge is 2.31. The summed E-state index contributed by atoms with van der Waals surface area (Å²) in [5.41, 5.74) is 0. The Kier molecular flexibility index (Phi) is 1.20. The van der Waals surface area contributed by atoms with Crippen LogP contribution in [-0.4, -0.2) is 17.5 Å². The van der Waals surface area contributed by atoms with Crippen molar-refractivity contribution in [1.29, 1.82) is 5.26 Å². The standard InChI is InChI=1S/C5H7NO2/c6-4-5(7)2-1-3-8-5/h7H,1-3H2. The number of ether oxygens (including phenoxy) is 1. The van der Waals surface area contributed by atoms with Crippen LogP contribution < -0.4 is 0 Å². The van der Waals surface area contributed by atoms with Crippen LogP contribution >= 0.6 is 0 Å². The number of hydrogen-bond acceptors (Lipinski definition) is 3. The van der Waals surface area contributed by atoms with E-state index in [4.69, 9.17) is 10.4 Å². The molecule has 0 saturated carbocycles. The molecule has 0 bridgehead atoms. The summed E-state index contributed by atoms with van der Waals surface area (Å²) >= 11 is 0. The molecule has 0 aliphatic carbocycles. The van der Waals surface area contributed by atoms with Gasteiger partial charge in [-0.15, -0.1) is 0 Å². The Balaban J connectivity index is 2.56. The Labute approximate surface area is 47.5 Å². The monoisotopic (exact) mass is 113 g/mol. The number of nitriles is 1. The number of nitrogens with zero attached hydrogens (tertiary/aromatic N) is 1. The minimum Gasteiger partial charge on any atom is -0.354 e. The van der Waals surface area contributed by atoms with Crippen molar-refractivity contribution in [3.63, 3.8) is 0 Å². The average molecular weight is 113 g/mol. The van der Waals surface area contributed by atoms with E-state index in [1.165, 1.54) is 0 Å². The minimum atomic E-state index is -1.46. The fourth-order valence-electron chi connectivity index (χ4n) is 0.713. The maximum absolute atomic E-state index is 8.92. The fraction of sp³-hybridized carbons (Fsp3) is 0.800. The number of rotatable bonds is 0. The number of hydrogen-bond donors (Lipinski definition) is 1.